The molecule has 2 heterocycles. The van der Waals surface area contributed by atoms with Gasteiger partial charge in [-0.3, -0.25) is 14.0 Å². The molecule has 31 heavy (non-hydrogen) atoms. The van der Waals surface area contributed by atoms with Crippen molar-refractivity contribution in [2.45, 2.75) is 58.3 Å². The molecule has 6 nitrogen and oxygen atoms in total. The first-order valence-electron chi connectivity index (χ1n) is 11.9. The Hall–Kier alpha value is -2.37. The molecule has 4 aliphatic carbocycles. The lowest BCUT2D eigenvalue weighted by atomic mass is 9.49. The van der Waals surface area contributed by atoms with E-state index in [0.29, 0.717) is 22.5 Å². The zero-order valence-electron chi connectivity index (χ0n) is 18.8. The summed E-state index contributed by atoms with van der Waals surface area (Å²) in [5.41, 5.74) is 2.32. The molecule has 4 fully saturated rings. The van der Waals surface area contributed by atoms with Crippen LogP contribution >= 0.6 is 0 Å². The molecule has 0 aromatic carbocycles. The van der Waals surface area contributed by atoms with Crippen molar-refractivity contribution >= 4 is 17.5 Å². The third-order valence-corrected chi connectivity index (χ3v) is 7.88. The Bertz CT molecular complexity index is 959. The smallest absolute Gasteiger partial charge is 0.268 e. The van der Waals surface area contributed by atoms with Crippen LogP contribution in [0.2, 0.25) is 0 Å². The monoisotopic (exact) mass is 422 g/mol. The summed E-state index contributed by atoms with van der Waals surface area (Å²) < 4.78 is 1.83. The van der Waals surface area contributed by atoms with Crippen molar-refractivity contribution in [2.75, 3.05) is 20.1 Å². The average Bonchev–Trinajstić information content (AvgIpc) is 3.13. The van der Waals surface area contributed by atoms with Gasteiger partial charge in [-0.25, -0.2) is 4.98 Å². The summed E-state index contributed by atoms with van der Waals surface area (Å²) in [6, 6.07) is 5.61. The van der Waals surface area contributed by atoms with E-state index in [1.807, 2.05) is 35.8 Å². The minimum atomic E-state index is -0.0419. The van der Waals surface area contributed by atoms with Crippen molar-refractivity contribution < 1.29 is 9.59 Å². The van der Waals surface area contributed by atoms with Crippen LogP contribution in [-0.4, -0.2) is 46.2 Å². The summed E-state index contributed by atoms with van der Waals surface area (Å²) in [5, 5.41) is 3.27. The number of aromatic nitrogens is 2. The van der Waals surface area contributed by atoms with Crippen LogP contribution in [0.25, 0.3) is 5.65 Å². The quantitative estimate of drug-likeness (QED) is 0.740. The topological polar surface area (TPSA) is 66.7 Å². The number of rotatable bonds is 7. The van der Waals surface area contributed by atoms with Crippen LogP contribution in [0.4, 0.5) is 0 Å². The van der Waals surface area contributed by atoms with Gasteiger partial charge in [-0.15, -0.1) is 0 Å². The minimum Gasteiger partial charge on any atom is -0.350 e. The summed E-state index contributed by atoms with van der Waals surface area (Å²) in [6.45, 7) is 3.58. The molecule has 0 spiro atoms. The number of fused-ring (bicyclic) bond motifs is 1. The molecule has 2 aromatic rings. The lowest BCUT2D eigenvalue weighted by Crippen LogP contribution is -2.51. The molecule has 4 saturated carbocycles. The van der Waals surface area contributed by atoms with E-state index in [-0.39, 0.29) is 18.2 Å². The number of carbonyl (C=O) groups is 2. The first-order chi connectivity index (χ1) is 14.9. The summed E-state index contributed by atoms with van der Waals surface area (Å²) in [7, 11) is 1.82. The molecule has 6 heteroatoms. The van der Waals surface area contributed by atoms with E-state index in [0.717, 1.165) is 37.3 Å². The van der Waals surface area contributed by atoms with Crippen LogP contribution in [0.1, 0.15) is 68.1 Å². The number of amides is 2. The van der Waals surface area contributed by atoms with E-state index in [1.165, 1.54) is 38.5 Å². The summed E-state index contributed by atoms with van der Waals surface area (Å²) in [6.07, 6.45) is 11.1. The third-order valence-electron chi connectivity index (χ3n) is 7.88. The number of imidazole rings is 1. The summed E-state index contributed by atoms with van der Waals surface area (Å²) >= 11 is 0. The lowest BCUT2D eigenvalue weighted by molar-refractivity contribution is -0.129. The maximum Gasteiger partial charge on any atom is 0.268 e. The molecule has 2 amide bonds. The highest BCUT2D eigenvalue weighted by Gasteiger charge is 2.50. The third kappa shape index (κ3) is 3.97. The first kappa shape index (κ1) is 20.5. The second kappa shape index (κ2) is 7.95. The fourth-order valence-corrected chi connectivity index (χ4v) is 6.95. The lowest BCUT2D eigenvalue weighted by Gasteiger charge is -2.56. The van der Waals surface area contributed by atoms with Crippen molar-refractivity contribution in [1.82, 2.24) is 19.6 Å². The molecule has 0 atom stereocenters. The zero-order chi connectivity index (χ0) is 21.6. The second-order valence-corrected chi connectivity index (χ2v) is 10.5. The number of likely N-dealkylation sites (N-methyl/N-ethyl adjacent to an activating group) is 1. The Kier molecular flexibility index (Phi) is 5.27. The Morgan fingerprint density at radius 1 is 1.16 bits per heavy atom. The standard InChI is InChI=1S/C25H34N4O2/c1-3-7-28(2)23(30)11-20-15-29-21(5-4-6-22(29)27-20)24(31)26-16-25-12-17-8-18(13-25)10-19(9-17)14-25/h4-6,15,17-19H,3,7-14,16H2,1-2H3,(H,26,31). The summed E-state index contributed by atoms with van der Waals surface area (Å²) in [5.74, 6) is 2.65. The number of nitrogens with one attached hydrogen (secondary N) is 1. The Morgan fingerprint density at radius 3 is 2.48 bits per heavy atom. The van der Waals surface area contributed by atoms with E-state index in [2.05, 4.69) is 17.2 Å². The molecular weight excluding hydrogens is 388 g/mol. The Balaban J connectivity index is 1.29. The highest BCUT2D eigenvalue weighted by Crippen LogP contribution is 2.59. The molecule has 166 valence electrons. The first-order valence-corrected chi connectivity index (χ1v) is 11.9. The molecular formula is C25H34N4O2. The molecule has 6 rings (SSSR count). The van der Waals surface area contributed by atoms with Gasteiger partial charge in [0.1, 0.15) is 11.3 Å². The molecule has 1 N–H and O–H groups in total. The van der Waals surface area contributed by atoms with E-state index in [1.54, 1.807) is 4.90 Å². The Labute approximate surface area is 184 Å². The van der Waals surface area contributed by atoms with Gasteiger partial charge in [-0.2, -0.15) is 0 Å². The van der Waals surface area contributed by atoms with Crippen molar-refractivity contribution in [2.24, 2.45) is 23.2 Å². The number of hydrogen-bond donors (Lipinski definition) is 1. The van der Waals surface area contributed by atoms with Gasteiger partial charge in [0.25, 0.3) is 5.91 Å². The average molecular weight is 423 g/mol. The minimum absolute atomic E-state index is 0.0419. The van der Waals surface area contributed by atoms with Gasteiger partial charge in [-0.1, -0.05) is 13.0 Å². The summed E-state index contributed by atoms with van der Waals surface area (Å²) in [4.78, 5) is 31.9. The fourth-order valence-electron chi connectivity index (χ4n) is 6.95. The highest BCUT2D eigenvalue weighted by molar-refractivity contribution is 5.93. The molecule has 4 aliphatic rings. The second-order valence-electron chi connectivity index (χ2n) is 10.5. The van der Waals surface area contributed by atoms with Gasteiger partial charge in [0.2, 0.25) is 5.91 Å². The van der Waals surface area contributed by atoms with Gasteiger partial charge >= 0.3 is 0 Å². The van der Waals surface area contributed by atoms with E-state index < -0.39 is 0 Å². The van der Waals surface area contributed by atoms with Crippen molar-refractivity contribution in [1.29, 1.82) is 0 Å². The molecule has 4 bridgehead atoms. The SMILES string of the molecule is CCCN(C)C(=O)Cc1cn2c(C(=O)NCC34CC5CC(CC(C5)C3)C4)cccc2n1. The Morgan fingerprint density at radius 2 is 1.84 bits per heavy atom. The zero-order valence-corrected chi connectivity index (χ0v) is 18.8. The highest BCUT2D eigenvalue weighted by atomic mass is 16.2. The van der Waals surface area contributed by atoms with Crippen LogP contribution in [0.3, 0.4) is 0 Å². The normalized spacial score (nSPS) is 28.8. The molecule has 2 aromatic heterocycles. The van der Waals surface area contributed by atoms with Crippen molar-refractivity contribution in [3.05, 3.63) is 35.8 Å². The predicted octanol–water partition coefficient (Wildman–Crippen LogP) is 3.69. The molecule has 0 saturated heterocycles. The largest absolute Gasteiger partial charge is 0.350 e. The number of pyridine rings is 1. The maximum atomic E-state index is 13.1. The molecule has 0 unspecified atom stereocenters. The van der Waals surface area contributed by atoms with E-state index in [4.69, 9.17) is 0 Å². The van der Waals surface area contributed by atoms with Crippen LogP contribution in [0.5, 0.6) is 0 Å². The maximum absolute atomic E-state index is 13.1. The van der Waals surface area contributed by atoms with Crippen molar-refractivity contribution in [3.63, 3.8) is 0 Å². The van der Waals surface area contributed by atoms with E-state index in [9.17, 15) is 9.59 Å². The van der Waals surface area contributed by atoms with E-state index >= 15 is 0 Å². The number of nitrogens with zero attached hydrogens (tertiary/aromatic N) is 3. The molecule has 0 radical (unpaired) electrons. The van der Waals surface area contributed by atoms with Gasteiger partial charge in [0.05, 0.1) is 12.1 Å². The number of carbonyl (C=O) groups excluding carboxylic acids is 2. The van der Waals surface area contributed by atoms with Crippen LogP contribution in [0.15, 0.2) is 24.4 Å². The van der Waals surface area contributed by atoms with Crippen LogP contribution in [0, 0.1) is 23.2 Å². The van der Waals surface area contributed by atoms with Crippen LogP contribution in [-0.2, 0) is 11.2 Å². The van der Waals surface area contributed by atoms with Gasteiger partial charge in [-0.05, 0) is 80.2 Å². The van der Waals surface area contributed by atoms with Gasteiger partial charge in [0, 0.05) is 26.3 Å². The fraction of sp³-hybridized carbons (Fsp3) is 0.640. The van der Waals surface area contributed by atoms with Crippen molar-refractivity contribution in [3.8, 4) is 0 Å². The predicted molar refractivity (Wildman–Crippen MR) is 120 cm³/mol. The van der Waals surface area contributed by atoms with Gasteiger partial charge in [0.15, 0.2) is 0 Å². The van der Waals surface area contributed by atoms with Crippen LogP contribution < -0.4 is 5.32 Å². The number of hydrogen-bond acceptors (Lipinski definition) is 3. The van der Waals surface area contributed by atoms with Gasteiger partial charge < -0.3 is 10.2 Å². The molecule has 0 aliphatic heterocycles.